The number of aromatic amines is 1. The zero-order valence-electron chi connectivity index (χ0n) is 15.3. The fourth-order valence-electron chi connectivity index (χ4n) is 2.79. The van der Waals surface area contributed by atoms with Crippen LogP contribution in [0.1, 0.15) is 11.1 Å². The van der Waals surface area contributed by atoms with Gasteiger partial charge in [-0.05, 0) is 48.5 Å². The molecule has 4 rings (SSSR count). The Bertz CT molecular complexity index is 1230. The van der Waals surface area contributed by atoms with Gasteiger partial charge in [-0.1, -0.05) is 6.07 Å². The van der Waals surface area contributed by atoms with Crippen LogP contribution in [-0.2, 0) is 12.4 Å². The molecule has 2 aromatic carbocycles. The van der Waals surface area contributed by atoms with Gasteiger partial charge in [-0.25, -0.2) is 9.97 Å². The number of pyridine rings is 1. The van der Waals surface area contributed by atoms with Crippen molar-refractivity contribution in [1.29, 1.82) is 0 Å². The van der Waals surface area contributed by atoms with Crippen molar-refractivity contribution >= 4 is 22.7 Å². The largest absolute Gasteiger partial charge is 0.437 e. The Morgan fingerprint density at radius 1 is 0.839 bits per heavy atom. The number of nitrogens with one attached hydrogen (secondary N) is 2. The van der Waals surface area contributed by atoms with Crippen LogP contribution in [0.3, 0.4) is 0 Å². The molecule has 0 aliphatic heterocycles. The van der Waals surface area contributed by atoms with Crippen LogP contribution in [0, 0.1) is 0 Å². The van der Waals surface area contributed by atoms with Crippen LogP contribution in [0.25, 0.3) is 11.0 Å². The van der Waals surface area contributed by atoms with Crippen LogP contribution in [0.4, 0.5) is 38.0 Å². The summed E-state index contributed by atoms with van der Waals surface area (Å²) in [5.74, 6) is -0.0227. The molecule has 0 fully saturated rings. The van der Waals surface area contributed by atoms with Gasteiger partial charge in [0.05, 0.1) is 22.2 Å². The first-order chi connectivity index (χ1) is 14.6. The highest BCUT2D eigenvalue weighted by atomic mass is 19.4. The van der Waals surface area contributed by atoms with E-state index in [9.17, 15) is 26.3 Å². The molecule has 11 heteroatoms. The number of hydrogen-bond acceptors (Lipinski definition) is 4. The van der Waals surface area contributed by atoms with Crippen molar-refractivity contribution in [2.24, 2.45) is 0 Å². The molecule has 31 heavy (non-hydrogen) atoms. The van der Waals surface area contributed by atoms with Gasteiger partial charge in [0.15, 0.2) is 0 Å². The van der Waals surface area contributed by atoms with E-state index in [1.165, 1.54) is 30.5 Å². The summed E-state index contributed by atoms with van der Waals surface area (Å²) < 4.78 is 82.9. The third kappa shape index (κ3) is 4.55. The Hall–Kier alpha value is -3.76. The first-order valence-corrected chi connectivity index (χ1v) is 8.74. The molecule has 2 heterocycles. The second-order valence-electron chi connectivity index (χ2n) is 6.42. The lowest BCUT2D eigenvalue weighted by atomic mass is 10.2. The average Bonchev–Trinajstić information content (AvgIpc) is 3.10. The topological polar surface area (TPSA) is 62.8 Å². The van der Waals surface area contributed by atoms with Crippen LogP contribution < -0.4 is 10.1 Å². The number of fused-ring (bicyclic) bond motifs is 1. The van der Waals surface area contributed by atoms with E-state index in [0.717, 1.165) is 24.3 Å². The lowest BCUT2D eigenvalue weighted by molar-refractivity contribution is -0.138. The van der Waals surface area contributed by atoms with Crippen molar-refractivity contribution in [3.05, 3.63) is 71.9 Å². The van der Waals surface area contributed by atoms with Crippen LogP contribution in [0.2, 0.25) is 0 Å². The first kappa shape index (κ1) is 20.5. The summed E-state index contributed by atoms with van der Waals surface area (Å²) in [5, 5.41) is 2.83. The van der Waals surface area contributed by atoms with Gasteiger partial charge in [0.25, 0.3) is 0 Å². The Kier molecular flexibility index (Phi) is 4.96. The molecule has 0 bridgehead atoms. The zero-order chi connectivity index (χ0) is 22.2. The highest BCUT2D eigenvalue weighted by Crippen LogP contribution is 2.35. The third-order valence-corrected chi connectivity index (χ3v) is 4.21. The number of H-pyrrole nitrogens is 1. The van der Waals surface area contributed by atoms with E-state index in [4.69, 9.17) is 4.74 Å². The predicted molar refractivity (Wildman–Crippen MR) is 100 cm³/mol. The maximum atomic E-state index is 12.9. The van der Waals surface area contributed by atoms with Crippen molar-refractivity contribution < 1.29 is 31.1 Å². The summed E-state index contributed by atoms with van der Waals surface area (Å²) in [6.45, 7) is 0. The van der Waals surface area contributed by atoms with Gasteiger partial charge in [0.1, 0.15) is 11.4 Å². The molecular weight excluding hydrogens is 426 g/mol. The molecule has 0 saturated heterocycles. The number of alkyl halides is 6. The Balaban J connectivity index is 1.61. The van der Waals surface area contributed by atoms with Crippen molar-refractivity contribution in [1.82, 2.24) is 15.0 Å². The molecular formula is C20H12F6N4O. The van der Waals surface area contributed by atoms with Crippen LogP contribution >= 0.6 is 0 Å². The quantitative estimate of drug-likeness (QED) is 0.356. The first-order valence-electron chi connectivity index (χ1n) is 8.74. The summed E-state index contributed by atoms with van der Waals surface area (Å²) in [5.41, 5.74) is -1.02. The van der Waals surface area contributed by atoms with Gasteiger partial charge >= 0.3 is 12.4 Å². The Labute approximate surface area is 170 Å². The minimum Gasteiger partial charge on any atom is -0.437 e. The number of hydrogen-bond donors (Lipinski definition) is 2. The number of nitrogens with zero attached hydrogens (tertiary/aromatic N) is 2. The highest BCUT2D eigenvalue weighted by Gasteiger charge is 2.31. The molecule has 0 aliphatic carbocycles. The number of ether oxygens (including phenoxy) is 1. The fourth-order valence-corrected chi connectivity index (χ4v) is 2.79. The number of rotatable bonds is 4. The number of aromatic nitrogens is 3. The van der Waals surface area contributed by atoms with Gasteiger partial charge in [-0.15, -0.1) is 0 Å². The summed E-state index contributed by atoms with van der Waals surface area (Å²) in [6, 6.07) is 10.4. The van der Waals surface area contributed by atoms with Crippen molar-refractivity contribution in [2.75, 3.05) is 5.32 Å². The molecule has 2 aromatic heterocycles. The number of anilines is 2. The smallest absolute Gasteiger partial charge is 0.416 e. The molecule has 0 saturated carbocycles. The van der Waals surface area contributed by atoms with Crippen molar-refractivity contribution in [3.8, 4) is 11.6 Å². The third-order valence-electron chi connectivity index (χ3n) is 4.21. The SMILES string of the molecule is FC(F)(F)c1cccc(Oc2ncccc2Nc2nc3ccc(C(F)(F)F)cc3[nH]2)c1. The van der Waals surface area contributed by atoms with E-state index < -0.39 is 23.5 Å². The Morgan fingerprint density at radius 3 is 2.32 bits per heavy atom. The van der Waals surface area contributed by atoms with E-state index >= 15 is 0 Å². The van der Waals surface area contributed by atoms with Gasteiger partial charge in [-0.2, -0.15) is 26.3 Å². The summed E-state index contributed by atoms with van der Waals surface area (Å²) >= 11 is 0. The second kappa shape index (κ2) is 7.49. The molecule has 160 valence electrons. The molecule has 0 radical (unpaired) electrons. The molecule has 0 atom stereocenters. The van der Waals surface area contributed by atoms with E-state index in [-0.39, 0.29) is 28.8 Å². The van der Waals surface area contributed by atoms with Gasteiger partial charge in [0, 0.05) is 6.20 Å². The maximum Gasteiger partial charge on any atom is 0.416 e. The fraction of sp³-hybridized carbons (Fsp3) is 0.100. The lowest BCUT2D eigenvalue weighted by Gasteiger charge is -2.12. The second-order valence-corrected chi connectivity index (χ2v) is 6.42. The number of halogens is 6. The van der Waals surface area contributed by atoms with Gasteiger partial charge in [-0.3, -0.25) is 0 Å². The minimum absolute atomic E-state index is 0.0433. The zero-order valence-corrected chi connectivity index (χ0v) is 15.3. The van der Waals surface area contributed by atoms with E-state index in [0.29, 0.717) is 5.52 Å². The minimum atomic E-state index is -4.53. The van der Waals surface area contributed by atoms with Crippen LogP contribution in [0.5, 0.6) is 11.6 Å². The van der Waals surface area contributed by atoms with Gasteiger partial charge < -0.3 is 15.0 Å². The average molecular weight is 438 g/mol. The normalized spacial score (nSPS) is 12.2. The van der Waals surface area contributed by atoms with E-state index in [1.807, 2.05) is 0 Å². The van der Waals surface area contributed by atoms with E-state index in [1.54, 1.807) is 6.07 Å². The predicted octanol–water partition coefficient (Wildman–Crippen LogP) is 6.53. The lowest BCUT2D eigenvalue weighted by Crippen LogP contribution is -2.04. The number of imidazole rings is 1. The standard InChI is InChI=1S/C20H12F6N4O/c21-19(22,23)11-3-1-4-13(9-11)31-17-15(5-2-8-27-17)29-18-28-14-7-6-12(20(24,25)26)10-16(14)30-18/h1-10H,(H2,28,29,30). The van der Waals surface area contributed by atoms with Crippen LogP contribution in [-0.4, -0.2) is 15.0 Å². The molecule has 0 amide bonds. The summed E-state index contributed by atoms with van der Waals surface area (Å²) in [4.78, 5) is 10.9. The van der Waals surface area contributed by atoms with Crippen molar-refractivity contribution in [2.45, 2.75) is 12.4 Å². The molecule has 4 aromatic rings. The Morgan fingerprint density at radius 2 is 1.58 bits per heavy atom. The molecule has 2 N–H and O–H groups in total. The number of benzene rings is 2. The van der Waals surface area contributed by atoms with Gasteiger partial charge in [0.2, 0.25) is 11.8 Å². The molecule has 5 nitrogen and oxygen atoms in total. The van der Waals surface area contributed by atoms with E-state index in [2.05, 4.69) is 20.3 Å². The van der Waals surface area contributed by atoms with Crippen molar-refractivity contribution in [3.63, 3.8) is 0 Å². The molecule has 0 unspecified atom stereocenters. The monoisotopic (exact) mass is 438 g/mol. The highest BCUT2D eigenvalue weighted by molar-refractivity contribution is 5.79. The maximum absolute atomic E-state index is 12.9. The van der Waals surface area contributed by atoms with Crippen LogP contribution in [0.15, 0.2) is 60.8 Å². The molecule has 0 aliphatic rings. The summed E-state index contributed by atoms with van der Waals surface area (Å²) in [6.07, 6.45) is -7.65. The molecule has 0 spiro atoms. The summed E-state index contributed by atoms with van der Waals surface area (Å²) in [7, 11) is 0.